The standard InChI is InChI=1S/C28H38ClFN4O2/c1-19-16-33(20(2)15-32(19)17-21-6-12-25(30)13-7-21)26(35)14-23(22-8-10-24(29)11-9-22)18-34(27(31)36)28(3,4)5/h6-13,19-20,23H,14-18H2,1-5H3,(H2,31,36)/t19-,20+,23?/m1/s1. The van der Waals surface area contributed by atoms with Crippen LogP contribution in [-0.4, -0.2) is 63.9 Å². The fraction of sp³-hybridized carbons (Fsp3) is 0.500. The second-order valence-electron chi connectivity index (χ2n) is 10.9. The molecule has 3 atom stereocenters. The molecule has 196 valence electrons. The summed E-state index contributed by atoms with van der Waals surface area (Å²) in [5.41, 5.74) is 7.23. The summed E-state index contributed by atoms with van der Waals surface area (Å²) in [6, 6.07) is 13.7. The maximum absolute atomic E-state index is 13.6. The second kappa shape index (κ2) is 11.6. The summed E-state index contributed by atoms with van der Waals surface area (Å²) >= 11 is 6.10. The molecule has 1 heterocycles. The van der Waals surface area contributed by atoms with Crippen LogP contribution in [0.1, 0.15) is 58.1 Å². The number of halogens is 2. The van der Waals surface area contributed by atoms with Crippen molar-refractivity contribution in [3.63, 3.8) is 0 Å². The normalized spacial score (nSPS) is 19.7. The quantitative estimate of drug-likeness (QED) is 0.546. The van der Waals surface area contributed by atoms with E-state index < -0.39 is 11.6 Å². The van der Waals surface area contributed by atoms with Gasteiger partial charge in [0.05, 0.1) is 0 Å². The van der Waals surface area contributed by atoms with Crippen LogP contribution in [0.2, 0.25) is 5.02 Å². The summed E-state index contributed by atoms with van der Waals surface area (Å²) in [5, 5.41) is 0.617. The third-order valence-electron chi connectivity index (χ3n) is 6.98. The fourth-order valence-corrected chi connectivity index (χ4v) is 4.98. The number of urea groups is 1. The molecule has 1 aliphatic heterocycles. The Hall–Kier alpha value is -2.64. The average molecular weight is 517 g/mol. The maximum atomic E-state index is 13.6. The maximum Gasteiger partial charge on any atom is 0.315 e. The van der Waals surface area contributed by atoms with Crippen LogP contribution in [0.5, 0.6) is 0 Å². The van der Waals surface area contributed by atoms with Crippen molar-refractivity contribution in [3.8, 4) is 0 Å². The van der Waals surface area contributed by atoms with Crippen molar-refractivity contribution >= 4 is 23.5 Å². The number of benzene rings is 2. The molecule has 0 spiro atoms. The molecule has 1 unspecified atom stereocenters. The van der Waals surface area contributed by atoms with Gasteiger partial charge in [0.15, 0.2) is 0 Å². The van der Waals surface area contributed by atoms with E-state index in [1.54, 1.807) is 29.2 Å². The molecule has 3 rings (SSSR count). The molecule has 1 fully saturated rings. The molecule has 8 heteroatoms. The number of hydrogen-bond donors (Lipinski definition) is 1. The number of nitrogens with zero attached hydrogens (tertiary/aromatic N) is 3. The Balaban J connectivity index is 1.74. The smallest absolute Gasteiger partial charge is 0.315 e. The van der Waals surface area contributed by atoms with E-state index in [0.29, 0.717) is 24.7 Å². The first kappa shape index (κ1) is 27.9. The zero-order valence-corrected chi connectivity index (χ0v) is 22.6. The van der Waals surface area contributed by atoms with Crippen LogP contribution in [0, 0.1) is 5.82 Å². The van der Waals surface area contributed by atoms with Gasteiger partial charge in [-0.25, -0.2) is 9.18 Å². The van der Waals surface area contributed by atoms with Gasteiger partial charge in [-0.1, -0.05) is 35.9 Å². The van der Waals surface area contributed by atoms with Crippen LogP contribution in [0.3, 0.4) is 0 Å². The molecular weight excluding hydrogens is 479 g/mol. The predicted molar refractivity (Wildman–Crippen MR) is 142 cm³/mol. The van der Waals surface area contributed by atoms with Gasteiger partial charge in [0.2, 0.25) is 5.91 Å². The predicted octanol–water partition coefficient (Wildman–Crippen LogP) is 5.25. The highest BCUT2D eigenvalue weighted by atomic mass is 35.5. The Kier molecular flexibility index (Phi) is 9.01. The first-order valence-corrected chi connectivity index (χ1v) is 12.8. The Morgan fingerprint density at radius 2 is 1.67 bits per heavy atom. The van der Waals surface area contributed by atoms with Crippen molar-refractivity contribution in [3.05, 3.63) is 70.5 Å². The lowest BCUT2D eigenvalue weighted by molar-refractivity contribution is -0.138. The molecule has 2 aromatic rings. The van der Waals surface area contributed by atoms with E-state index in [-0.39, 0.29) is 36.1 Å². The van der Waals surface area contributed by atoms with Crippen molar-refractivity contribution in [2.24, 2.45) is 5.73 Å². The number of nitrogens with two attached hydrogens (primary N) is 1. The number of hydrogen-bond acceptors (Lipinski definition) is 3. The number of primary amides is 1. The molecule has 0 bridgehead atoms. The first-order chi connectivity index (χ1) is 16.8. The summed E-state index contributed by atoms with van der Waals surface area (Å²) in [7, 11) is 0. The molecule has 0 aromatic heterocycles. The molecule has 0 saturated carbocycles. The number of piperazine rings is 1. The first-order valence-electron chi connectivity index (χ1n) is 12.5. The SMILES string of the molecule is C[C@@H]1CN(C(=O)CC(CN(C(N)=O)C(C)(C)C)c2ccc(Cl)cc2)[C@@H](C)CN1Cc1ccc(F)cc1. The van der Waals surface area contributed by atoms with Gasteiger partial charge in [-0.2, -0.15) is 0 Å². The summed E-state index contributed by atoms with van der Waals surface area (Å²) in [6.07, 6.45) is 0.260. The number of carbonyl (C=O) groups excluding carboxylic acids is 2. The van der Waals surface area contributed by atoms with Crippen molar-refractivity contribution in [1.82, 2.24) is 14.7 Å². The van der Waals surface area contributed by atoms with Gasteiger partial charge in [-0.15, -0.1) is 0 Å². The molecule has 0 aliphatic carbocycles. The summed E-state index contributed by atoms with van der Waals surface area (Å²) in [4.78, 5) is 31.8. The Labute approximate surface area is 219 Å². The molecule has 2 N–H and O–H groups in total. The molecule has 6 nitrogen and oxygen atoms in total. The van der Waals surface area contributed by atoms with Crippen molar-refractivity contribution < 1.29 is 14.0 Å². The minimum Gasteiger partial charge on any atom is -0.351 e. The molecule has 0 radical (unpaired) electrons. The highest BCUT2D eigenvalue weighted by Gasteiger charge is 2.35. The van der Waals surface area contributed by atoms with Crippen LogP contribution in [0.4, 0.5) is 9.18 Å². The highest BCUT2D eigenvalue weighted by Crippen LogP contribution is 2.28. The van der Waals surface area contributed by atoms with Crippen LogP contribution < -0.4 is 5.73 Å². The largest absolute Gasteiger partial charge is 0.351 e. The van der Waals surface area contributed by atoms with Gasteiger partial charge < -0.3 is 15.5 Å². The van der Waals surface area contributed by atoms with Gasteiger partial charge in [-0.3, -0.25) is 9.69 Å². The van der Waals surface area contributed by atoms with E-state index in [2.05, 4.69) is 18.7 Å². The highest BCUT2D eigenvalue weighted by molar-refractivity contribution is 6.30. The topological polar surface area (TPSA) is 69.9 Å². The summed E-state index contributed by atoms with van der Waals surface area (Å²) in [5.74, 6) is -0.414. The van der Waals surface area contributed by atoms with E-state index in [1.165, 1.54) is 12.1 Å². The zero-order chi connectivity index (χ0) is 26.6. The molecule has 2 aromatic carbocycles. The van der Waals surface area contributed by atoms with Crippen molar-refractivity contribution in [2.45, 2.75) is 71.1 Å². The average Bonchev–Trinajstić information content (AvgIpc) is 2.79. The van der Waals surface area contributed by atoms with E-state index >= 15 is 0 Å². The van der Waals surface area contributed by atoms with Gasteiger partial charge in [0, 0.05) is 61.2 Å². The Morgan fingerprint density at radius 3 is 2.22 bits per heavy atom. The lowest BCUT2D eigenvalue weighted by atomic mass is 9.92. The van der Waals surface area contributed by atoms with E-state index in [0.717, 1.165) is 17.7 Å². The van der Waals surface area contributed by atoms with Gasteiger partial charge in [0.25, 0.3) is 0 Å². The van der Waals surface area contributed by atoms with Crippen LogP contribution >= 0.6 is 11.6 Å². The monoisotopic (exact) mass is 516 g/mol. The molecule has 3 amide bonds. The van der Waals surface area contributed by atoms with E-state index in [1.807, 2.05) is 37.8 Å². The Morgan fingerprint density at radius 1 is 1.06 bits per heavy atom. The second-order valence-corrected chi connectivity index (χ2v) is 11.3. The van der Waals surface area contributed by atoms with Crippen LogP contribution in [0.25, 0.3) is 0 Å². The van der Waals surface area contributed by atoms with Gasteiger partial charge in [0.1, 0.15) is 5.82 Å². The molecule has 1 aliphatic rings. The Bertz CT molecular complexity index is 1040. The zero-order valence-electron chi connectivity index (χ0n) is 21.9. The van der Waals surface area contributed by atoms with E-state index in [4.69, 9.17) is 17.3 Å². The fourth-order valence-electron chi connectivity index (χ4n) is 4.86. The van der Waals surface area contributed by atoms with Crippen molar-refractivity contribution in [1.29, 1.82) is 0 Å². The lowest BCUT2D eigenvalue weighted by Gasteiger charge is -2.45. The van der Waals surface area contributed by atoms with Crippen molar-refractivity contribution in [2.75, 3.05) is 19.6 Å². The van der Waals surface area contributed by atoms with Gasteiger partial charge in [-0.05, 0) is 70.0 Å². The summed E-state index contributed by atoms with van der Waals surface area (Å²) < 4.78 is 13.3. The minimum atomic E-state index is -0.509. The molecular formula is C28H38ClFN4O2. The van der Waals surface area contributed by atoms with Crippen LogP contribution in [0.15, 0.2) is 48.5 Å². The third-order valence-corrected chi connectivity index (χ3v) is 7.23. The third kappa shape index (κ3) is 7.20. The summed E-state index contributed by atoms with van der Waals surface area (Å²) in [6.45, 7) is 12.3. The molecule has 36 heavy (non-hydrogen) atoms. The molecule has 1 saturated heterocycles. The number of amides is 3. The number of rotatable bonds is 7. The number of carbonyl (C=O) groups is 2. The lowest BCUT2D eigenvalue weighted by Crippen LogP contribution is -2.58. The van der Waals surface area contributed by atoms with Gasteiger partial charge >= 0.3 is 6.03 Å². The van der Waals surface area contributed by atoms with Crippen LogP contribution in [-0.2, 0) is 11.3 Å². The van der Waals surface area contributed by atoms with E-state index in [9.17, 15) is 14.0 Å². The minimum absolute atomic E-state index is 0.0230.